The molecule has 2 unspecified atom stereocenters. The summed E-state index contributed by atoms with van der Waals surface area (Å²) >= 11 is 1.86. The minimum absolute atomic E-state index is 0.00520. The van der Waals surface area contributed by atoms with Crippen molar-refractivity contribution in [1.82, 2.24) is 0 Å². The predicted molar refractivity (Wildman–Crippen MR) is 78.3 cm³/mol. The van der Waals surface area contributed by atoms with E-state index in [1.807, 2.05) is 11.8 Å². The number of nitrogens with zero attached hydrogens (tertiary/aromatic N) is 1. The Balaban J connectivity index is 1.76. The Morgan fingerprint density at radius 2 is 2.14 bits per heavy atom. The highest BCUT2D eigenvalue weighted by Gasteiger charge is 2.40. The zero-order valence-electron chi connectivity index (χ0n) is 11.5. The molecule has 112 valence electrons. The summed E-state index contributed by atoms with van der Waals surface area (Å²) in [6.07, 6.45) is 2.48. The first-order valence-corrected chi connectivity index (χ1v) is 8.15. The standard InChI is InChI=1S/C15H16F2N2OS/c16-12-5-10(8-18)6-13(17)14(12)19-11-1-3-20-15(7-11)2-4-21-9-15/h5-6,11,19H,1-4,7,9H2. The van der Waals surface area contributed by atoms with Gasteiger partial charge in [-0.15, -0.1) is 0 Å². The molecule has 2 fully saturated rings. The number of nitrogens with one attached hydrogen (secondary N) is 1. The fourth-order valence-corrected chi connectivity index (χ4v) is 4.37. The zero-order valence-corrected chi connectivity index (χ0v) is 12.3. The summed E-state index contributed by atoms with van der Waals surface area (Å²) in [6.45, 7) is 0.609. The smallest absolute Gasteiger partial charge is 0.150 e. The summed E-state index contributed by atoms with van der Waals surface area (Å²) in [4.78, 5) is 0. The summed E-state index contributed by atoms with van der Waals surface area (Å²) < 4.78 is 33.8. The van der Waals surface area contributed by atoms with Crippen LogP contribution in [0, 0.1) is 23.0 Å². The van der Waals surface area contributed by atoms with Gasteiger partial charge in [0.15, 0.2) is 11.6 Å². The topological polar surface area (TPSA) is 45.0 Å². The van der Waals surface area contributed by atoms with Gasteiger partial charge in [-0.3, -0.25) is 0 Å². The van der Waals surface area contributed by atoms with Crippen molar-refractivity contribution >= 4 is 17.4 Å². The van der Waals surface area contributed by atoms with Gasteiger partial charge < -0.3 is 10.1 Å². The molecule has 3 rings (SSSR count). The third-order valence-corrected chi connectivity index (χ3v) is 5.30. The van der Waals surface area contributed by atoms with Crippen LogP contribution in [0.1, 0.15) is 24.8 Å². The molecular formula is C15H16F2N2OS. The molecule has 2 atom stereocenters. The van der Waals surface area contributed by atoms with Crippen molar-refractivity contribution in [2.45, 2.75) is 30.9 Å². The van der Waals surface area contributed by atoms with Gasteiger partial charge in [0, 0.05) is 18.4 Å². The van der Waals surface area contributed by atoms with Crippen LogP contribution in [0.15, 0.2) is 12.1 Å². The molecule has 1 spiro atoms. The first-order valence-electron chi connectivity index (χ1n) is 6.99. The molecule has 1 N–H and O–H groups in total. The lowest BCUT2D eigenvalue weighted by Gasteiger charge is -2.38. The molecule has 2 aliphatic heterocycles. The number of nitriles is 1. The van der Waals surface area contributed by atoms with Crippen LogP contribution in [0.2, 0.25) is 0 Å². The van der Waals surface area contributed by atoms with E-state index in [2.05, 4.69) is 5.32 Å². The summed E-state index contributed by atoms with van der Waals surface area (Å²) in [5.74, 6) is 0.594. The van der Waals surface area contributed by atoms with Crippen molar-refractivity contribution in [1.29, 1.82) is 5.26 Å². The summed E-state index contributed by atoms with van der Waals surface area (Å²) in [6, 6.07) is 3.87. The Bertz CT molecular complexity index is 559. The second kappa shape index (κ2) is 5.82. The van der Waals surface area contributed by atoms with Gasteiger partial charge in [-0.05, 0) is 37.1 Å². The average Bonchev–Trinajstić information content (AvgIpc) is 2.90. The maximum atomic E-state index is 13.9. The van der Waals surface area contributed by atoms with E-state index in [0.717, 1.165) is 42.9 Å². The molecule has 0 aromatic heterocycles. The van der Waals surface area contributed by atoms with Gasteiger partial charge in [0.25, 0.3) is 0 Å². The fourth-order valence-electron chi connectivity index (χ4n) is 2.99. The Morgan fingerprint density at radius 1 is 1.38 bits per heavy atom. The van der Waals surface area contributed by atoms with E-state index in [1.54, 1.807) is 6.07 Å². The molecule has 0 saturated carbocycles. The maximum absolute atomic E-state index is 13.9. The lowest BCUT2D eigenvalue weighted by atomic mass is 9.89. The van der Waals surface area contributed by atoms with Gasteiger partial charge in [0.2, 0.25) is 0 Å². The van der Waals surface area contributed by atoms with Crippen molar-refractivity contribution < 1.29 is 13.5 Å². The van der Waals surface area contributed by atoms with E-state index in [9.17, 15) is 8.78 Å². The van der Waals surface area contributed by atoms with Gasteiger partial charge in [-0.25, -0.2) is 8.78 Å². The highest BCUT2D eigenvalue weighted by atomic mass is 32.2. The quantitative estimate of drug-likeness (QED) is 0.910. The lowest BCUT2D eigenvalue weighted by Crippen LogP contribution is -2.44. The van der Waals surface area contributed by atoms with Crippen LogP contribution in [-0.2, 0) is 4.74 Å². The van der Waals surface area contributed by atoms with E-state index in [0.29, 0.717) is 6.61 Å². The van der Waals surface area contributed by atoms with Gasteiger partial charge in [0.1, 0.15) is 5.69 Å². The summed E-state index contributed by atoms with van der Waals surface area (Å²) in [7, 11) is 0. The molecule has 6 heteroatoms. The minimum atomic E-state index is -0.715. The fraction of sp³-hybridized carbons (Fsp3) is 0.533. The Hall–Kier alpha value is -1.32. The highest BCUT2D eigenvalue weighted by Crippen LogP contribution is 2.39. The first kappa shape index (κ1) is 14.6. The van der Waals surface area contributed by atoms with Crippen molar-refractivity contribution in [2.75, 3.05) is 23.4 Å². The predicted octanol–water partition coefficient (Wildman–Crippen LogP) is 3.30. The Morgan fingerprint density at radius 3 is 2.76 bits per heavy atom. The van der Waals surface area contributed by atoms with Gasteiger partial charge in [-0.1, -0.05) is 0 Å². The van der Waals surface area contributed by atoms with E-state index in [-0.39, 0.29) is 22.9 Å². The van der Waals surface area contributed by atoms with Crippen molar-refractivity contribution in [3.63, 3.8) is 0 Å². The zero-order chi connectivity index (χ0) is 14.9. The molecular weight excluding hydrogens is 294 g/mol. The molecule has 0 bridgehead atoms. The van der Waals surface area contributed by atoms with E-state index < -0.39 is 11.6 Å². The molecule has 2 saturated heterocycles. The Labute approximate surface area is 126 Å². The second-order valence-corrected chi connectivity index (χ2v) is 6.70. The SMILES string of the molecule is N#Cc1cc(F)c(NC2CCOC3(CCSC3)C2)c(F)c1. The lowest BCUT2D eigenvalue weighted by molar-refractivity contribution is -0.0628. The number of rotatable bonds is 2. The molecule has 1 aromatic carbocycles. The monoisotopic (exact) mass is 310 g/mol. The van der Waals surface area contributed by atoms with Crippen molar-refractivity contribution in [3.05, 3.63) is 29.3 Å². The Kier molecular flexibility index (Phi) is 4.05. The average molecular weight is 310 g/mol. The third kappa shape index (κ3) is 2.99. The number of thioether (sulfide) groups is 1. The molecule has 2 heterocycles. The van der Waals surface area contributed by atoms with E-state index >= 15 is 0 Å². The molecule has 3 nitrogen and oxygen atoms in total. The number of hydrogen-bond donors (Lipinski definition) is 1. The van der Waals surface area contributed by atoms with Crippen LogP contribution >= 0.6 is 11.8 Å². The van der Waals surface area contributed by atoms with Crippen LogP contribution in [0.25, 0.3) is 0 Å². The normalized spacial score (nSPS) is 28.5. The summed E-state index contributed by atoms with van der Waals surface area (Å²) in [5.41, 5.74) is -0.284. The van der Waals surface area contributed by atoms with E-state index in [1.165, 1.54) is 0 Å². The molecule has 1 aromatic rings. The second-order valence-electron chi connectivity index (χ2n) is 5.59. The highest BCUT2D eigenvalue weighted by molar-refractivity contribution is 7.99. The molecule has 2 aliphatic rings. The van der Waals surface area contributed by atoms with Crippen LogP contribution in [0.3, 0.4) is 0 Å². The number of anilines is 1. The van der Waals surface area contributed by atoms with Gasteiger partial charge in [-0.2, -0.15) is 17.0 Å². The van der Waals surface area contributed by atoms with Crippen LogP contribution in [-0.4, -0.2) is 29.8 Å². The number of halogens is 2. The largest absolute Gasteiger partial charge is 0.377 e. The van der Waals surface area contributed by atoms with Crippen LogP contribution in [0.4, 0.5) is 14.5 Å². The number of hydrogen-bond acceptors (Lipinski definition) is 4. The molecule has 0 aliphatic carbocycles. The third-order valence-electron chi connectivity index (χ3n) is 4.08. The minimum Gasteiger partial charge on any atom is -0.377 e. The van der Waals surface area contributed by atoms with Gasteiger partial charge >= 0.3 is 0 Å². The van der Waals surface area contributed by atoms with E-state index in [4.69, 9.17) is 10.00 Å². The van der Waals surface area contributed by atoms with Gasteiger partial charge in [0.05, 0.1) is 17.2 Å². The van der Waals surface area contributed by atoms with Crippen molar-refractivity contribution in [2.24, 2.45) is 0 Å². The van der Waals surface area contributed by atoms with Crippen LogP contribution < -0.4 is 5.32 Å². The summed E-state index contributed by atoms with van der Waals surface area (Å²) in [5, 5.41) is 11.7. The number of ether oxygens (including phenoxy) is 1. The molecule has 21 heavy (non-hydrogen) atoms. The molecule has 0 radical (unpaired) electrons. The first-order chi connectivity index (χ1) is 10.1. The molecule has 0 amide bonds. The van der Waals surface area contributed by atoms with Crippen LogP contribution in [0.5, 0.6) is 0 Å². The number of benzene rings is 1. The maximum Gasteiger partial charge on any atom is 0.150 e. The van der Waals surface area contributed by atoms with Crippen molar-refractivity contribution in [3.8, 4) is 6.07 Å².